The van der Waals surface area contributed by atoms with Gasteiger partial charge in [-0.25, -0.2) is 0 Å². The van der Waals surface area contributed by atoms with E-state index >= 15 is 0 Å². The van der Waals surface area contributed by atoms with Crippen molar-refractivity contribution >= 4 is 0 Å². The highest BCUT2D eigenvalue weighted by molar-refractivity contribution is 5.20. The molecule has 0 aliphatic carbocycles. The Hall–Kier alpha value is -1.02. The van der Waals surface area contributed by atoms with Crippen LogP contribution in [0, 0.1) is 5.41 Å². The van der Waals surface area contributed by atoms with E-state index in [1.165, 1.54) is 12.8 Å². The number of ether oxygens (including phenoxy) is 1. The summed E-state index contributed by atoms with van der Waals surface area (Å²) in [5, 5.41) is 3.41. The summed E-state index contributed by atoms with van der Waals surface area (Å²) < 4.78 is 5.69. The van der Waals surface area contributed by atoms with Crippen LogP contribution in [0.5, 0.6) is 5.75 Å². The van der Waals surface area contributed by atoms with Gasteiger partial charge in [0.05, 0.1) is 6.61 Å². The molecule has 0 bridgehead atoms. The van der Waals surface area contributed by atoms with E-state index in [0.717, 1.165) is 18.8 Å². The van der Waals surface area contributed by atoms with Crippen LogP contribution in [0.1, 0.15) is 40.0 Å². The molecule has 1 rings (SSSR count). The van der Waals surface area contributed by atoms with Crippen molar-refractivity contribution in [2.24, 2.45) is 5.41 Å². The van der Waals surface area contributed by atoms with Crippen molar-refractivity contribution in [1.82, 2.24) is 5.32 Å². The van der Waals surface area contributed by atoms with Gasteiger partial charge >= 0.3 is 0 Å². The first kappa shape index (κ1) is 15.0. The van der Waals surface area contributed by atoms with Crippen LogP contribution in [0.25, 0.3) is 0 Å². The Kier molecular flexibility index (Phi) is 6.20. The van der Waals surface area contributed by atoms with Crippen molar-refractivity contribution < 1.29 is 4.74 Å². The third kappa shape index (κ3) is 5.54. The van der Waals surface area contributed by atoms with E-state index < -0.39 is 0 Å². The number of para-hydroxylation sites is 1. The highest BCUT2D eigenvalue weighted by Gasteiger charge is 2.21. The molecule has 0 aliphatic rings. The molecule has 0 fully saturated rings. The quantitative estimate of drug-likeness (QED) is 0.741. The Morgan fingerprint density at radius 3 is 2.33 bits per heavy atom. The number of hydrogen-bond acceptors (Lipinski definition) is 2. The molecule has 1 atom stereocenters. The third-order valence-corrected chi connectivity index (χ3v) is 3.29. The molecule has 0 radical (unpaired) electrons. The van der Waals surface area contributed by atoms with Crippen molar-refractivity contribution in [1.29, 1.82) is 0 Å². The third-order valence-electron chi connectivity index (χ3n) is 3.29. The predicted molar refractivity (Wildman–Crippen MR) is 78.1 cm³/mol. The van der Waals surface area contributed by atoms with Crippen molar-refractivity contribution in [2.45, 2.75) is 46.1 Å². The fourth-order valence-electron chi connectivity index (χ4n) is 2.17. The van der Waals surface area contributed by atoms with Gasteiger partial charge in [-0.05, 0) is 43.9 Å². The molecule has 0 saturated heterocycles. The molecule has 0 saturated carbocycles. The van der Waals surface area contributed by atoms with Gasteiger partial charge in [-0.2, -0.15) is 0 Å². The minimum absolute atomic E-state index is 0.328. The van der Waals surface area contributed by atoms with Gasteiger partial charge in [-0.3, -0.25) is 0 Å². The highest BCUT2D eigenvalue weighted by Crippen LogP contribution is 2.23. The maximum atomic E-state index is 5.69. The van der Waals surface area contributed by atoms with E-state index in [9.17, 15) is 0 Å². The molecule has 0 amide bonds. The van der Waals surface area contributed by atoms with E-state index in [-0.39, 0.29) is 0 Å². The smallest absolute Gasteiger partial charge is 0.119 e. The van der Waals surface area contributed by atoms with Gasteiger partial charge in [-0.15, -0.1) is 0 Å². The molecule has 1 aromatic carbocycles. The molecule has 0 heterocycles. The second kappa shape index (κ2) is 7.42. The van der Waals surface area contributed by atoms with Crippen LogP contribution in [-0.2, 0) is 0 Å². The lowest BCUT2D eigenvalue weighted by Gasteiger charge is -2.30. The Labute approximate surface area is 112 Å². The zero-order chi connectivity index (χ0) is 13.4. The van der Waals surface area contributed by atoms with Crippen LogP contribution >= 0.6 is 0 Å². The summed E-state index contributed by atoms with van der Waals surface area (Å²) in [5.41, 5.74) is 0.328. The number of unbranched alkanes of at least 4 members (excludes halogenated alkanes) is 1. The number of benzene rings is 1. The standard InChI is InChI=1S/C16H27NO/c1-16(2,3)15(17-4)12-8-9-13-18-14-10-6-5-7-11-14/h5-7,10-11,15,17H,8-9,12-13H2,1-4H3. The van der Waals surface area contributed by atoms with Gasteiger partial charge in [0.1, 0.15) is 5.75 Å². The summed E-state index contributed by atoms with van der Waals surface area (Å²) in [6.07, 6.45) is 3.52. The van der Waals surface area contributed by atoms with Gasteiger partial charge in [0.2, 0.25) is 0 Å². The Bertz CT molecular complexity index is 316. The van der Waals surface area contributed by atoms with E-state index in [1.54, 1.807) is 0 Å². The fourth-order valence-corrected chi connectivity index (χ4v) is 2.17. The van der Waals surface area contributed by atoms with Crippen LogP contribution in [0.2, 0.25) is 0 Å². The number of rotatable bonds is 7. The Morgan fingerprint density at radius 2 is 1.78 bits per heavy atom. The molecular weight excluding hydrogens is 222 g/mol. The number of hydrogen-bond donors (Lipinski definition) is 1. The summed E-state index contributed by atoms with van der Waals surface area (Å²) in [5.74, 6) is 0.971. The summed E-state index contributed by atoms with van der Waals surface area (Å²) in [6, 6.07) is 10.6. The van der Waals surface area contributed by atoms with Crippen LogP contribution < -0.4 is 10.1 Å². The molecule has 0 aromatic heterocycles. The highest BCUT2D eigenvalue weighted by atomic mass is 16.5. The first-order valence-corrected chi connectivity index (χ1v) is 6.89. The molecule has 2 heteroatoms. The maximum Gasteiger partial charge on any atom is 0.119 e. The average molecular weight is 249 g/mol. The van der Waals surface area contributed by atoms with Crippen molar-refractivity contribution in [3.8, 4) is 5.75 Å². The first-order valence-electron chi connectivity index (χ1n) is 6.89. The normalized spacial score (nSPS) is 13.3. The van der Waals surface area contributed by atoms with Gasteiger partial charge in [0.15, 0.2) is 0 Å². The fraction of sp³-hybridized carbons (Fsp3) is 0.625. The van der Waals surface area contributed by atoms with Crippen LogP contribution in [0.3, 0.4) is 0 Å². The molecule has 2 nitrogen and oxygen atoms in total. The summed E-state index contributed by atoms with van der Waals surface area (Å²) >= 11 is 0. The van der Waals surface area contributed by atoms with Crippen molar-refractivity contribution in [3.63, 3.8) is 0 Å². The summed E-state index contributed by atoms with van der Waals surface area (Å²) in [4.78, 5) is 0. The van der Waals surface area contributed by atoms with E-state index in [2.05, 4.69) is 33.1 Å². The summed E-state index contributed by atoms with van der Waals surface area (Å²) in [7, 11) is 2.05. The SMILES string of the molecule is CNC(CCCCOc1ccccc1)C(C)(C)C. The zero-order valence-electron chi connectivity index (χ0n) is 12.2. The molecule has 1 unspecified atom stereocenters. The molecule has 1 aromatic rings. The predicted octanol–water partition coefficient (Wildman–Crippen LogP) is 3.87. The molecule has 1 N–H and O–H groups in total. The lowest BCUT2D eigenvalue weighted by Crippen LogP contribution is -2.37. The first-order chi connectivity index (χ1) is 8.54. The molecule has 18 heavy (non-hydrogen) atoms. The molecule has 0 aliphatic heterocycles. The van der Waals surface area contributed by atoms with Crippen molar-refractivity contribution in [2.75, 3.05) is 13.7 Å². The lowest BCUT2D eigenvalue weighted by atomic mass is 9.84. The van der Waals surface area contributed by atoms with Gasteiger partial charge in [0, 0.05) is 6.04 Å². The molecular formula is C16H27NO. The average Bonchev–Trinajstić information content (AvgIpc) is 2.33. The van der Waals surface area contributed by atoms with Crippen LogP contribution in [0.15, 0.2) is 30.3 Å². The summed E-state index contributed by atoms with van der Waals surface area (Å²) in [6.45, 7) is 7.67. The zero-order valence-corrected chi connectivity index (χ0v) is 12.2. The van der Waals surface area contributed by atoms with E-state index in [4.69, 9.17) is 4.74 Å². The van der Waals surface area contributed by atoms with E-state index in [0.29, 0.717) is 11.5 Å². The monoisotopic (exact) mass is 249 g/mol. The largest absolute Gasteiger partial charge is 0.494 e. The minimum atomic E-state index is 0.328. The minimum Gasteiger partial charge on any atom is -0.494 e. The van der Waals surface area contributed by atoms with Gasteiger partial charge < -0.3 is 10.1 Å². The number of nitrogens with one attached hydrogen (secondary N) is 1. The maximum absolute atomic E-state index is 5.69. The Balaban J connectivity index is 2.15. The lowest BCUT2D eigenvalue weighted by molar-refractivity contribution is 0.249. The van der Waals surface area contributed by atoms with Gasteiger partial charge in [-0.1, -0.05) is 39.0 Å². The second-order valence-corrected chi connectivity index (χ2v) is 5.86. The molecule has 102 valence electrons. The van der Waals surface area contributed by atoms with Gasteiger partial charge in [0.25, 0.3) is 0 Å². The van der Waals surface area contributed by atoms with Crippen LogP contribution in [-0.4, -0.2) is 19.7 Å². The van der Waals surface area contributed by atoms with Crippen LogP contribution in [0.4, 0.5) is 0 Å². The van der Waals surface area contributed by atoms with E-state index in [1.807, 2.05) is 30.3 Å². The Morgan fingerprint density at radius 1 is 1.11 bits per heavy atom. The topological polar surface area (TPSA) is 21.3 Å². The van der Waals surface area contributed by atoms with Crippen molar-refractivity contribution in [3.05, 3.63) is 30.3 Å². The second-order valence-electron chi connectivity index (χ2n) is 5.86. The molecule has 0 spiro atoms.